The van der Waals surface area contributed by atoms with Crippen molar-refractivity contribution in [3.8, 4) is 0 Å². The second-order valence-electron chi connectivity index (χ2n) is 7.01. The molecule has 1 saturated heterocycles. The summed E-state index contributed by atoms with van der Waals surface area (Å²) in [7, 11) is 0. The van der Waals surface area contributed by atoms with E-state index in [4.69, 9.17) is 4.74 Å². The first-order valence-corrected chi connectivity index (χ1v) is 10.3. The molecule has 2 atom stereocenters. The molecule has 1 aliphatic carbocycles. The van der Waals surface area contributed by atoms with Gasteiger partial charge in [0.25, 0.3) is 0 Å². The Labute approximate surface area is 152 Å². The van der Waals surface area contributed by atoms with Crippen molar-refractivity contribution < 1.29 is 9.53 Å². The minimum absolute atomic E-state index is 0.0241. The topological polar surface area (TPSA) is 89.0 Å². The lowest BCUT2D eigenvalue weighted by atomic mass is 10.1. The summed E-state index contributed by atoms with van der Waals surface area (Å²) in [6, 6.07) is 0.284. The number of carbonyl (C=O) groups excluding carboxylic acids is 1. The van der Waals surface area contributed by atoms with Crippen LogP contribution in [0.3, 0.4) is 0 Å². The van der Waals surface area contributed by atoms with E-state index in [9.17, 15) is 9.59 Å². The summed E-state index contributed by atoms with van der Waals surface area (Å²) in [6.45, 7) is 3.11. The highest BCUT2D eigenvalue weighted by atomic mass is 32.2. The number of ether oxygens (including phenoxy) is 1. The summed E-state index contributed by atoms with van der Waals surface area (Å²) < 4.78 is 7.20. The fourth-order valence-corrected chi connectivity index (χ4v) is 4.37. The zero-order chi connectivity index (χ0) is 17.6. The molecular formula is C17H28N4O3S. The third-order valence-corrected chi connectivity index (χ3v) is 6.08. The number of aromatic nitrogens is 3. The van der Waals surface area contributed by atoms with Gasteiger partial charge in [0.1, 0.15) is 0 Å². The van der Waals surface area contributed by atoms with Crippen molar-refractivity contribution in [1.82, 2.24) is 20.1 Å². The minimum atomic E-state index is -0.290. The summed E-state index contributed by atoms with van der Waals surface area (Å²) in [5, 5.41) is 10.0. The monoisotopic (exact) mass is 368 g/mol. The van der Waals surface area contributed by atoms with E-state index in [2.05, 4.69) is 15.5 Å². The Balaban J connectivity index is 1.57. The Morgan fingerprint density at radius 3 is 2.76 bits per heavy atom. The van der Waals surface area contributed by atoms with Gasteiger partial charge in [-0.2, -0.15) is 0 Å². The van der Waals surface area contributed by atoms with Crippen molar-refractivity contribution in [2.75, 3.05) is 6.61 Å². The molecule has 1 aromatic rings. The third kappa shape index (κ3) is 5.10. The van der Waals surface area contributed by atoms with Gasteiger partial charge in [-0.1, -0.05) is 37.4 Å². The summed E-state index contributed by atoms with van der Waals surface area (Å²) >= 11 is 1.33. The molecule has 1 amide bonds. The van der Waals surface area contributed by atoms with Crippen LogP contribution in [-0.2, 0) is 16.1 Å². The molecule has 3 rings (SSSR count). The molecule has 140 valence electrons. The molecule has 0 radical (unpaired) electrons. The van der Waals surface area contributed by atoms with Gasteiger partial charge in [-0.15, -0.1) is 5.10 Å². The molecule has 0 aromatic carbocycles. The Hall–Kier alpha value is -1.28. The number of aromatic amines is 1. The fraction of sp³-hybridized carbons (Fsp3) is 0.824. The van der Waals surface area contributed by atoms with Crippen molar-refractivity contribution in [1.29, 1.82) is 0 Å². The van der Waals surface area contributed by atoms with E-state index in [1.54, 1.807) is 4.57 Å². The van der Waals surface area contributed by atoms with E-state index in [1.165, 1.54) is 37.4 Å². The van der Waals surface area contributed by atoms with Crippen LogP contribution in [0.5, 0.6) is 0 Å². The number of nitrogens with zero attached hydrogens (tertiary/aromatic N) is 2. The highest BCUT2D eigenvalue weighted by Gasteiger charge is 2.24. The van der Waals surface area contributed by atoms with Gasteiger partial charge in [-0.25, -0.2) is 9.89 Å². The number of amides is 1. The second-order valence-corrected chi connectivity index (χ2v) is 8.32. The standard InChI is InChI=1S/C17H28N4O3S/c1-12(15(22)18-13-7-4-2-3-5-8-13)25-17-20-19-16(23)21(17)11-14-9-6-10-24-14/h12-14H,2-11H2,1H3,(H,18,22)(H,19,23)/t12-,14-/m0/s1. The average molecular weight is 369 g/mol. The molecular weight excluding hydrogens is 340 g/mol. The van der Waals surface area contributed by atoms with E-state index in [1.807, 2.05) is 6.92 Å². The fourth-order valence-electron chi connectivity index (χ4n) is 3.50. The normalized spacial score (nSPS) is 23.3. The minimum Gasteiger partial charge on any atom is -0.376 e. The van der Waals surface area contributed by atoms with Gasteiger partial charge in [0.15, 0.2) is 5.16 Å². The van der Waals surface area contributed by atoms with Crippen molar-refractivity contribution >= 4 is 17.7 Å². The van der Waals surface area contributed by atoms with E-state index in [0.717, 1.165) is 32.3 Å². The predicted octanol–water partition coefficient (Wildman–Crippen LogP) is 2.07. The lowest BCUT2D eigenvalue weighted by molar-refractivity contribution is -0.121. The number of thioether (sulfide) groups is 1. The first-order chi connectivity index (χ1) is 12.1. The first kappa shape index (κ1) is 18.5. The maximum atomic E-state index is 12.5. The predicted molar refractivity (Wildman–Crippen MR) is 96.8 cm³/mol. The molecule has 1 aliphatic heterocycles. The van der Waals surface area contributed by atoms with Gasteiger partial charge in [0, 0.05) is 12.6 Å². The molecule has 1 aromatic heterocycles. The average Bonchev–Trinajstić information content (AvgIpc) is 3.14. The quantitative estimate of drug-likeness (QED) is 0.593. The number of hydrogen-bond donors (Lipinski definition) is 2. The van der Waals surface area contributed by atoms with Crippen LogP contribution in [0.4, 0.5) is 0 Å². The molecule has 2 aliphatic rings. The maximum Gasteiger partial charge on any atom is 0.344 e. The van der Waals surface area contributed by atoms with Crippen LogP contribution in [0, 0.1) is 0 Å². The van der Waals surface area contributed by atoms with Crippen LogP contribution in [0.15, 0.2) is 9.95 Å². The number of H-pyrrole nitrogens is 1. The van der Waals surface area contributed by atoms with Gasteiger partial charge in [-0.05, 0) is 32.6 Å². The van der Waals surface area contributed by atoms with Crippen molar-refractivity contribution in [2.24, 2.45) is 0 Å². The van der Waals surface area contributed by atoms with Gasteiger partial charge in [0.05, 0.1) is 17.9 Å². The number of carbonyl (C=O) groups is 1. The van der Waals surface area contributed by atoms with E-state index in [-0.39, 0.29) is 29.0 Å². The first-order valence-electron chi connectivity index (χ1n) is 9.37. The van der Waals surface area contributed by atoms with Crippen molar-refractivity contribution in [3.05, 3.63) is 10.5 Å². The van der Waals surface area contributed by atoms with E-state index >= 15 is 0 Å². The summed E-state index contributed by atoms with van der Waals surface area (Å²) in [5.41, 5.74) is -0.241. The SMILES string of the molecule is C[C@H](Sc1n[nH]c(=O)n1C[C@@H]1CCCO1)C(=O)NC1CCCCCC1. The molecule has 2 heterocycles. The molecule has 0 unspecified atom stereocenters. The highest BCUT2D eigenvalue weighted by molar-refractivity contribution is 8.00. The Morgan fingerprint density at radius 2 is 2.08 bits per heavy atom. The van der Waals surface area contributed by atoms with E-state index in [0.29, 0.717) is 11.7 Å². The van der Waals surface area contributed by atoms with Gasteiger partial charge >= 0.3 is 5.69 Å². The van der Waals surface area contributed by atoms with E-state index < -0.39 is 0 Å². The number of nitrogens with one attached hydrogen (secondary N) is 2. The second kappa shape index (κ2) is 8.89. The largest absolute Gasteiger partial charge is 0.376 e. The number of rotatable bonds is 6. The lowest BCUT2D eigenvalue weighted by Crippen LogP contribution is -2.39. The van der Waals surface area contributed by atoms with Gasteiger partial charge in [-0.3, -0.25) is 9.36 Å². The van der Waals surface area contributed by atoms with Crippen molar-refractivity contribution in [2.45, 2.75) is 87.4 Å². The van der Waals surface area contributed by atoms with Crippen LogP contribution in [0.1, 0.15) is 58.3 Å². The maximum absolute atomic E-state index is 12.5. The van der Waals surface area contributed by atoms with Crippen LogP contribution in [0.25, 0.3) is 0 Å². The Morgan fingerprint density at radius 1 is 1.32 bits per heavy atom. The Kier molecular flexibility index (Phi) is 6.58. The Bertz CT molecular complexity index is 616. The molecule has 8 heteroatoms. The van der Waals surface area contributed by atoms with Crippen LogP contribution >= 0.6 is 11.8 Å². The third-order valence-electron chi connectivity index (χ3n) is 4.99. The zero-order valence-corrected chi connectivity index (χ0v) is 15.6. The molecule has 1 saturated carbocycles. The lowest BCUT2D eigenvalue weighted by Gasteiger charge is -2.19. The molecule has 0 bridgehead atoms. The van der Waals surface area contributed by atoms with Crippen LogP contribution < -0.4 is 11.0 Å². The summed E-state index contributed by atoms with van der Waals surface area (Å²) in [4.78, 5) is 24.5. The smallest absolute Gasteiger partial charge is 0.344 e. The zero-order valence-electron chi connectivity index (χ0n) is 14.8. The summed E-state index contributed by atoms with van der Waals surface area (Å²) in [5.74, 6) is 0.0241. The molecule has 7 nitrogen and oxygen atoms in total. The number of hydrogen-bond acceptors (Lipinski definition) is 5. The molecule has 0 spiro atoms. The van der Waals surface area contributed by atoms with Gasteiger partial charge < -0.3 is 10.1 Å². The van der Waals surface area contributed by atoms with Crippen molar-refractivity contribution in [3.63, 3.8) is 0 Å². The molecule has 2 N–H and O–H groups in total. The molecule has 25 heavy (non-hydrogen) atoms. The summed E-state index contributed by atoms with van der Waals surface area (Å²) in [6.07, 6.45) is 9.08. The van der Waals surface area contributed by atoms with Crippen LogP contribution in [-0.4, -0.2) is 44.7 Å². The highest BCUT2D eigenvalue weighted by Crippen LogP contribution is 2.23. The van der Waals surface area contributed by atoms with Gasteiger partial charge in [0.2, 0.25) is 5.91 Å². The van der Waals surface area contributed by atoms with Crippen LogP contribution in [0.2, 0.25) is 0 Å². The molecule has 2 fully saturated rings.